The maximum atomic E-state index is 11.9. The predicted molar refractivity (Wildman–Crippen MR) is 67.8 cm³/mol. The Hall–Kier alpha value is -1.45. The fourth-order valence-electron chi connectivity index (χ4n) is 1.31. The first kappa shape index (κ1) is 15.6. The summed E-state index contributed by atoms with van der Waals surface area (Å²) in [7, 11) is -2.80. The molecule has 0 bridgehead atoms. The fourth-order valence-corrected chi connectivity index (χ4v) is 3.90. The molecule has 0 aliphatic rings. The van der Waals surface area contributed by atoms with Gasteiger partial charge in [0.2, 0.25) is 0 Å². The summed E-state index contributed by atoms with van der Waals surface area (Å²) in [6, 6.07) is 0.200. The van der Waals surface area contributed by atoms with Gasteiger partial charge in [-0.05, 0) is 25.5 Å². The average molecular weight is 307 g/mol. The van der Waals surface area contributed by atoms with Gasteiger partial charge >= 0.3 is 11.9 Å². The van der Waals surface area contributed by atoms with E-state index in [1.807, 2.05) is 0 Å². The van der Waals surface area contributed by atoms with E-state index < -0.39 is 28.0 Å². The third-order valence-electron chi connectivity index (χ3n) is 2.24. The monoisotopic (exact) mass is 307 g/mol. The minimum Gasteiger partial charge on any atom is -0.477 e. The van der Waals surface area contributed by atoms with E-state index in [4.69, 9.17) is 5.11 Å². The molecular formula is C10H13NO6S2. The molecule has 1 rings (SSSR count). The van der Waals surface area contributed by atoms with Crippen LogP contribution in [0.2, 0.25) is 0 Å². The van der Waals surface area contributed by atoms with Gasteiger partial charge in [0.1, 0.15) is 15.1 Å². The van der Waals surface area contributed by atoms with Gasteiger partial charge in [-0.15, -0.1) is 11.3 Å². The van der Waals surface area contributed by atoms with Crippen molar-refractivity contribution in [2.24, 2.45) is 0 Å². The molecule has 0 spiro atoms. The SMILES string of the molecule is COC(=O)[C@H](C)NS(=O)(=O)c1cc(C)c(C(=O)O)s1. The Morgan fingerprint density at radius 2 is 2.05 bits per heavy atom. The number of ether oxygens (including phenoxy) is 1. The maximum absolute atomic E-state index is 11.9. The smallest absolute Gasteiger partial charge is 0.346 e. The number of aryl methyl sites for hydroxylation is 1. The van der Waals surface area contributed by atoms with Crippen LogP contribution < -0.4 is 4.72 Å². The first-order valence-electron chi connectivity index (χ1n) is 5.13. The first-order chi connectivity index (χ1) is 8.69. The van der Waals surface area contributed by atoms with E-state index in [-0.39, 0.29) is 9.09 Å². The molecule has 9 heteroatoms. The minimum atomic E-state index is -3.95. The number of esters is 1. The number of nitrogens with one attached hydrogen (secondary N) is 1. The minimum absolute atomic E-state index is 0.0499. The van der Waals surface area contributed by atoms with Crippen LogP contribution in [0.25, 0.3) is 0 Å². The highest BCUT2D eigenvalue weighted by Gasteiger charge is 2.26. The lowest BCUT2D eigenvalue weighted by Crippen LogP contribution is -2.38. The fraction of sp³-hybridized carbons (Fsp3) is 0.400. The van der Waals surface area contributed by atoms with E-state index >= 15 is 0 Å². The summed E-state index contributed by atoms with van der Waals surface area (Å²) in [5, 5.41) is 8.87. The van der Waals surface area contributed by atoms with Crippen LogP contribution in [0.4, 0.5) is 0 Å². The molecule has 106 valence electrons. The van der Waals surface area contributed by atoms with Crippen molar-refractivity contribution in [3.05, 3.63) is 16.5 Å². The number of sulfonamides is 1. The number of carboxylic acid groups (broad SMARTS) is 1. The summed E-state index contributed by atoms with van der Waals surface area (Å²) in [6.07, 6.45) is 0. The Kier molecular flexibility index (Phi) is 4.66. The Morgan fingerprint density at radius 3 is 2.47 bits per heavy atom. The van der Waals surface area contributed by atoms with Gasteiger partial charge in [-0.25, -0.2) is 13.2 Å². The molecule has 0 unspecified atom stereocenters. The number of methoxy groups -OCH3 is 1. The highest BCUT2D eigenvalue weighted by molar-refractivity contribution is 7.91. The standard InChI is InChI=1S/C10H13NO6S2/c1-5-4-7(18-8(5)9(12)13)19(15,16)11-6(2)10(14)17-3/h4,6,11H,1-3H3,(H,12,13)/t6-/m0/s1. The molecule has 0 fully saturated rings. The Balaban J connectivity index is 3.04. The molecular weight excluding hydrogens is 294 g/mol. The van der Waals surface area contributed by atoms with Gasteiger partial charge in [0.05, 0.1) is 7.11 Å². The van der Waals surface area contributed by atoms with Crippen molar-refractivity contribution in [2.75, 3.05) is 7.11 Å². The van der Waals surface area contributed by atoms with Gasteiger partial charge in [0.25, 0.3) is 10.0 Å². The van der Waals surface area contributed by atoms with Crippen molar-refractivity contribution >= 4 is 33.3 Å². The number of rotatable bonds is 5. The third-order valence-corrected chi connectivity index (χ3v) is 5.48. The average Bonchev–Trinajstić information content (AvgIpc) is 2.70. The van der Waals surface area contributed by atoms with Crippen molar-refractivity contribution in [1.82, 2.24) is 4.72 Å². The van der Waals surface area contributed by atoms with Crippen molar-refractivity contribution in [2.45, 2.75) is 24.1 Å². The molecule has 2 N–H and O–H groups in total. The molecule has 0 aliphatic heterocycles. The second-order valence-electron chi connectivity index (χ2n) is 3.75. The number of carbonyl (C=O) groups excluding carboxylic acids is 1. The van der Waals surface area contributed by atoms with Crippen LogP contribution in [0.1, 0.15) is 22.2 Å². The Morgan fingerprint density at radius 1 is 1.47 bits per heavy atom. The molecule has 1 aromatic rings. The molecule has 0 aliphatic carbocycles. The molecule has 0 saturated carbocycles. The van der Waals surface area contributed by atoms with E-state index in [2.05, 4.69) is 9.46 Å². The van der Waals surface area contributed by atoms with Crippen LogP contribution in [0, 0.1) is 6.92 Å². The largest absolute Gasteiger partial charge is 0.477 e. The second kappa shape index (κ2) is 5.68. The Bertz CT molecular complexity index is 604. The van der Waals surface area contributed by atoms with Gasteiger partial charge in [0.15, 0.2) is 0 Å². The molecule has 0 amide bonds. The van der Waals surface area contributed by atoms with E-state index in [0.29, 0.717) is 16.9 Å². The number of hydrogen-bond acceptors (Lipinski definition) is 6. The van der Waals surface area contributed by atoms with Crippen LogP contribution in [-0.4, -0.2) is 38.6 Å². The number of thiophene rings is 1. The van der Waals surface area contributed by atoms with Gasteiger partial charge in [-0.2, -0.15) is 4.72 Å². The van der Waals surface area contributed by atoms with E-state index in [1.54, 1.807) is 0 Å². The van der Waals surface area contributed by atoms with Crippen LogP contribution in [0.15, 0.2) is 10.3 Å². The van der Waals surface area contributed by atoms with Crippen LogP contribution in [0.5, 0.6) is 0 Å². The zero-order valence-corrected chi connectivity index (χ0v) is 12.1. The van der Waals surface area contributed by atoms with Crippen molar-refractivity contribution in [1.29, 1.82) is 0 Å². The maximum Gasteiger partial charge on any atom is 0.346 e. The zero-order valence-electron chi connectivity index (χ0n) is 10.5. The summed E-state index contributed by atoms with van der Waals surface area (Å²) in [4.78, 5) is 22.0. The van der Waals surface area contributed by atoms with Crippen molar-refractivity contribution in [3.8, 4) is 0 Å². The van der Waals surface area contributed by atoms with E-state index in [0.717, 1.165) is 7.11 Å². The Labute approximate surface area is 114 Å². The molecule has 1 atom stereocenters. The molecule has 7 nitrogen and oxygen atoms in total. The number of hydrogen-bond donors (Lipinski definition) is 2. The van der Waals surface area contributed by atoms with Gasteiger partial charge < -0.3 is 9.84 Å². The molecule has 19 heavy (non-hydrogen) atoms. The summed E-state index contributed by atoms with van der Waals surface area (Å²) in [6.45, 7) is 2.84. The molecule has 0 radical (unpaired) electrons. The van der Waals surface area contributed by atoms with Crippen molar-refractivity contribution in [3.63, 3.8) is 0 Å². The van der Waals surface area contributed by atoms with Crippen molar-refractivity contribution < 1.29 is 27.9 Å². The highest BCUT2D eigenvalue weighted by atomic mass is 32.2. The molecule has 0 saturated heterocycles. The normalized spacial score (nSPS) is 13.0. The zero-order chi connectivity index (χ0) is 14.8. The predicted octanol–water partition coefficient (Wildman–Crippen LogP) is 0.595. The number of carbonyl (C=O) groups is 2. The van der Waals surface area contributed by atoms with Crippen LogP contribution >= 0.6 is 11.3 Å². The highest BCUT2D eigenvalue weighted by Crippen LogP contribution is 2.26. The lowest BCUT2D eigenvalue weighted by atomic mass is 10.3. The van der Waals surface area contributed by atoms with E-state index in [9.17, 15) is 18.0 Å². The summed E-state index contributed by atoms with van der Waals surface area (Å²) in [5.74, 6) is -1.92. The summed E-state index contributed by atoms with van der Waals surface area (Å²) in [5.41, 5.74) is 0.351. The van der Waals surface area contributed by atoms with Gasteiger partial charge in [-0.3, -0.25) is 4.79 Å². The van der Waals surface area contributed by atoms with Crippen LogP contribution in [-0.2, 0) is 19.6 Å². The second-order valence-corrected chi connectivity index (χ2v) is 6.74. The molecule has 1 aromatic heterocycles. The van der Waals surface area contributed by atoms with E-state index in [1.165, 1.54) is 19.9 Å². The quantitative estimate of drug-likeness (QED) is 0.771. The third kappa shape index (κ3) is 3.52. The first-order valence-corrected chi connectivity index (χ1v) is 7.43. The topological polar surface area (TPSA) is 110 Å². The molecule has 1 heterocycles. The van der Waals surface area contributed by atoms with Crippen LogP contribution in [0.3, 0.4) is 0 Å². The van der Waals surface area contributed by atoms with Gasteiger partial charge in [-0.1, -0.05) is 0 Å². The number of aromatic carboxylic acids is 1. The summed E-state index contributed by atoms with van der Waals surface area (Å²) < 4.78 is 30.3. The lowest BCUT2D eigenvalue weighted by Gasteiger charge is -2.10. The molecule has 0 aromatic carbocycles. The number of carboxylic acids is 1. The van der Waals surface area contributed by atoms with Gasteiger partial charge in [0, 0.05) is 0 Å². The lowest BCUT2D eigenvalue weighted by molar-refractivity contribution is -0.142. The summed E-state index contributed by atoms with van der Waals surface area (Å²) >= 11 is 0.634.